The molecule has 4 unspecified atom stereocenters. The third-order valence-electron chi connectivity index (χ3n) is 6.20. The number of hydrogen-bond donors (Lipinski definition) is 1. The number of nitrogens with two attached hydrogens (primary N) is 1. The highest BCUT2D eigenvalue weighted by Gasteiger charge is 2.50. The van der Waals surface area contributed by atoms with Crippen molar-refractivity contribution in [3.63, 3.8) is 0 Å². The average molecular weight is 362 g/mol. The number of likely N-dealkylation sites (tertiary alicyclic amines) is 1. The fourth-order valence-electron chi connectivity index (χ4n) is 5.10. The van der Waals surface area contributed by atoms with Crippen molar-refractivity contribution in [2.45, 2.75) is 32.7 Å². The van der Waals surface area contributed by atoms with E-state index in [2.05, 4.69) is 13.0 Å². The topological polar surface area (TPSA) is 63.4 Å². The predicted molar refractivity (Wildman–Crippen MR) is 106 cm³/mol. The van der Waals surface area contributed by atoms with Gasteiger partial charge in [0.15, 0.2) is 0 Å². The Hall–Kier alpha value is -2.62. The largest absolute Gasteiger partial charge is 0.368 e. The minimum Gasteiger partial charge on any atom is -0.368 e. The summed E-state index contributed by atoms with van der Waals surface area (Å²) in [7, 11) is 0. The van der Waals surface area contributed by atoms with Crippen LogP contribution in [0.15, 0.2) is 48.5 Å². The first-order valence-electron chi connectivity index (χ1n) is 9.72. The maximum absolute atomic E-state index is 13.5. The van der Waals surface area contributed by atoms with Gasteiger partial charge in [-0.15, -0.1) is 0 Å². The van der Waals surface area contributed by atoms with Crippen LogP contribution in [0, 0.1) is 24.7 Å². The van der Waals surface area contributed by atoms with Crippen LogP contribution in [0.1, 0.15) is 35.7 Å². The lowest BCUT2D eigenvalue weighted by molar-refractivity contribution is -0.122. The summed E-state index contributed by atoms with van der Waals surface area (Å²) in [6.07, 6.45) is 2.04. The molecule has 1 saturated carbocycles. The Balaban J connectivity index is 1.71. The van der Waals surface area contributed by atoms with Crippen molar-refractivity contribution in [2.75, 3.05) is 6.54 Å². The molecular weight excluding hydrogens is 336 g/mol. The molecule has 0 aromatic heterocycles. The van der Waals surface area contributed by atoms with E-state index in [-0.39, 0.29) is 17.7 Å². The van der Waals surface area contributed by atoms with Crippen LogP contribution in [0.25, 0.3) is 11.1 Å². The van der Waals surface area contributed by atoms with Crippen molar-refractivity contribution in [3.8, 4) is 11.1 Å². The maximum Gasteiger partial charge on any atom is 0.255 e. The minimum atomic E-state index is -0.488. The smallest absolute Gasteiger partial charge is 0.255 e. The lowest BCUT2D eigenvalue weighted by Crippen LogP contribution is -2.46. The molecule has 4 atom stereocenters. The number of carbonyl (C=O) groups excluding carboxylic acids is 2. The molecule has 0 radical (unpaired) electrons. The normalized spacial score (nSPS) is 26.8. The fourth-order valence-corrected chi connectivity index (χ4v) is 5.10. The lowest BCUT2D eigenvalue weighted by atomic mass is 9.93. The Bertz CT molecular complexity index is 891. The van der Waals surface area contributed by atoms with Crippen molar-refractivity contribution in [2.24, 2.45) is 23.5 Å². The first-order chi connectivity index (χ1) is 13.0. The number of aryl methyl sites for hydroxylation is 1. The highest BCUT2D eigenvalue weighted by atomic mass is 16.2. The summed E-state index contributed by atoms with van der Waals surface area (Å²) in [5.41, 5.74) is 9.45. The molecule has 1 aliphatic carbocycles. The highest BCUT2D eigenvalue weighted by Crippen LogP contribution is 2.45. The molecule has 2 aliphatic rings. The summed E-state index contributed by atoms with van der Waals surface area (Å²) in [6.45, 7) is 4.89. The summed E-state index contributed by atoms with van der Waals surface area (Å²) in [5, 5.41) is 0. The van der Waals surface area contributed by atoms with Gasteiger partial charge in [0.05, 0.1) is 0 Å². The van der Waals surface area contributed by atoms with Crippen LogP contribution in [-0.2, 0) is 4.79 Å². The Morgan fingerprint density at radius 1 is 1.07 bits per heavy atom. The van der Waals surface area contributed by atoms with Crippen molar-refractivity contribution in [1.82, 2.24) is 4.90 Å². The van der Waals surface area contributed by atoms with E-state index in [1.54, 1.807) is 4.90 Å². The molecule has 2 amide bonds. The Morgan fingerprint density at radius 2 is 1.85 bits per heavy atom. The van der Waals surface area contributed by atoms with Gasteiger partial charge in [0.1, 0.15) is 6.04 Å². The van der Waals surface area contributed by atoms with E-state index in [1.807, 2.05) is 49.4 Å². The second kappa shape index (κ2) is 6.84. The first kappa shape index (κ1) is 17.8. The van der Waals surface area contributed by atoms with Gasteiger partial charge in [-0.2, -0.15) is 0 Å². The van der Waals surface area contributed by atoms with Crippen molar-refractivity contribution in [3.05, 3.63) is 59.7 Å². The van der Waals surface area contributed by atoms with Crippen LogP contribution in [-0.4, -0.2) is 29.3 Å². The number of primary amides is 1. The number of carbonyl (C=O) groups is 2. The number of nitrogens with zero attached hydrogens (tertiary/aromatic N) is 1. The van der Waals surface area contributed by atoms with Gasteiger partial charge in [-0.1, -0.05) is 55.0 Å². The molecule has 0 spiro atoms. The molecule has 2 N–H and O–H groups in total. The van der Waals surface area contributed by atoms with E-state index in [1.165, 1.54) is 0 Å². The van der Waals surface area contributed by atoms with E-state index >= 15 is 0 Å². The fraction of sp³-hybridized carbons (Fsp3) is 0.391. The molecule has 0 bridgehead atoms. The van der Waals surface area contributed by atoms with E-state index < -0.39 is 6.04 Å². The summed E-state index contributed by atoms with van der Waals surface area (Å²) in [5.74, 6) is 0.717. The molecule has 1 heterocycles. The molecule has 4 heteroatoms. The molecular formula is C23H26N2O2. The van der Waals surface area contributed by atoms with Gasteiger partial charge in [0.2, 0.25) is 5.91 Å². The van der Waals surface area contributed by atoms with Gasteiger partial charge < -0.3 is 10.6 Å². The molecule has 4 nitrogen and oxygen atoms in total. The Labute approximate surface area is 160 Å². The van der Waals surface area contributed by atoms with Crippen LogP contribution in [0.2, 0.25) is 0 Å². The lowest BCUT2D eigenvalue weighted by Gasteiger charge is -2.27. The monoisotopic (exact) mass is 362 g/mol. The standard InChI is InChI=1S/C23H26N2O2/c1-14-6-5-7-16(10-14)18-8-3-4-9-19(18)23(27)25-13-17-11-15(2)12-20(17)21(25)22(24)26/h3-10,15,17,20-21H,11-13H2,1-2H3,(H2,24,26). The number of amides is 2. The van der Waals surface area contributed by atoms with Crippen LogP contribution >= 0.6 is 0 Å². The number of benzene rings is 2. The molecule has 1 aliphatic heterocycles. The van der Waals surface area contributed by atoms with Gasteiger partial charge >= 0.3 is 0 Å². The van der Waals surface area contributed by atoms with Gasteiger partial charge in [-0.25, -0.2) is 0 Å². The van der Waals surface area contributed by atoms with E-state index in [9.17, 15) is 9.59 Å². The second-order valence-corrected chi connectivity index (χ2v) is 8.22. The number of fused-ring (bicyclic) bond motifs is 1. The van der Waals surface area contributed by atoms with Gasteiger partial charge in [0.25, 0.3) is 5.91 Å². The molecule has 1 saturated heterocycles. The zero-order chi connectivity index (χ0) is 19.1. The predicted octanol–water partition coefficient (Wildman–Crippen LogP) is 3.63. The summed E-state index contributed by atoms with van der Waals surface area (Å²) >= 11 is 0. The second-order valence-electron chi connectivity index (χ2n) is 8.22. The van der Waals surface area contributed by atoms with Gasteiger partial charge in [0, 0.05) is 12.1 Å². The van der Waals surface area contributed by atoms with Gasteiger partial charge in [-0.3, -0.25) is 9.59 Å². The zero-order valence-electron chi connectivity index (χ0n) is 15.9. The molecule has 140 valence electrons. The third kappa shape index (κ3) is 3.14. The van der Waals surface area contributed by atoms with Crippen LogP contribution in [0.4, 0.5) is 0 Å². The SMILES string of the molecule is Cc1cccc(-c2ccccc2C(=O)N2CC3CC(C)CC3C2C(N)=O)c1. The van der Waals surface area contributed by atoms with Crippen molar-refractivity contribution in [1.29, 1.82) is 0 Å². The zero-order valence-corrected chi connectivity index (χ0v) is 15.9. The highest BCUT2D eigenvalue weighted by molar-refractivity contribution is 6.03. The summed E-state index contributed by atoms with van der Waals surface area (Å²) in [4.78, 5) is 27.4. The van der Waals surface area contributed by atoms with Crippen molar-refractivity contribution >= 4 is 11.8 Å². The molecule has 2 aromatic rings. The Kier molecular flexibility index (Phi) is 4.50. The summed E-state index contributed by atoms with van der Waals surface area (Å²) in [6, 6.07) is 15.3. The summed E-state index contributed by atoms with van der Waals surface area (Å²) < 4.78 is 0. The molecule has 2 fully saturated rings. The average Bonchev–Trinajstić information content (AvgIpc) is 3.16. The van der Waals surface area contributed by atoms with E-state index in [0.29, 0.717) is 23.9 Å². The van der Waals surface area contributed by atoms with Crippen LogP contribution in [0.3, 0.4) is 0 Å². The van der Waals surface area contributed by atoms with Crippen LogP contribution in [0.5, 0.6) is 0 Å². The van der Waals surface area contributed by atoms with Crippen LogP contribution < -0.4 is 5.73 Å². The molecule has 27 heavy (non-hydrogen) atoms. The third-order valence-corrected chi connectivity index (χ3v) is 6.20. The number of hydrogen-bond acceptors (Lipinski definition) is 2. The first-order valence-corrected chi connectivity index (χ1v) is 9.72. The van der Waals surface area contributed by atoms with E-state index in [0.717, 1.165) is 29.5 Å². The maximum atomic E-state index is 13.5. The molecule has 4 rings (SSSR count). The number of rotatable bonds is 3. The van der Waals surface area contributed by atoms with Crippen molar-refractivity contribution < 1.29 is 9.59 Å². The quantitative estimate of drug-likeness (QED) is 0.906. The Morgan fingerprint density at radius 3 is 2.59 bits per heavy atom. The van der Waals surface area contributed by atoms with E-state index in [4.69, 9.17) is 5.73 Å². The molecule has 2 aromatic carbocycles. The minimum absolute atomic E-state index is 0.0852. The van der Waals surface area contributed by atoms with Gasteiger partial charge in [-0.05, 0) is 54.7 Å².